The lowest BCUT2D eigenvalue weighted by molar-refractivity contribution is -0.128. The molecule has 1 amide bonds. The van der Waals surface area contributed by atoms with Crippen molar-refractivity contribution in [2.45, 2.75) is 33.5 Å². The van der Waals surface area contributed by atoms with Gasteiger partial charge in [0.1, 0.15) is 0 Å². The maximum atomic E-state index is 13.3. The summed E-state index contributed by atoms with van der Waals surface area (Å²) in [4.78, 5) is 15.2. The molecule has 0 radical (unpaired) electrons. The third kappa shape index (κ3) is 6.08. The summed E-state index contributed by atoms with van der Waals surface area (Å²) in [7, 11) is 0. The van der Waals surface area contributed by atoms with Crippen LogP contribution in [0.1, 0.15) is 30.5 Å². The summed E-state index contributed by atoms with van der Waals surface area (Å²) < 4.78 is 0. The molecule has 0 aliphatic heterocycles. The smallest absolute Gasteiger partial charge is 0.251 e. The van der Waals surface area contributed by atoms with Crippen molar-refractivity contribution in [2.24, 2.45) is 0 Å². The molecule has 3 heteroatoms. The van der Waals surface area contributed by atoms with Crippen molar-refractivity contribution in [3.05, 3.63) is 119 Å². The highest BCUT2D eigenvalue weighted by atomic mass is 16.2. The SMILES string of the molecule is C/C(NCc1ccccc1)=C(/C)C(=O)N(Cc1ccccc1)Cc1ccccc1. The molecule has 1 N–H and O–H groups in total. The van der Waals surface area contributed by atoms with Gasteiger partial charge in [0.2, 0.25) is 0 Å². The van der Waals surface area contributed by atoms with E-state index in [1.807, 2.05) is 73.3 Å². The molecule has 0 aromatic heterocycles. The molecule has 0 aliphatic rings. The molecule has 3 rings (SSSR count). The Hall–Kier alpha value is -3.33. The van der Waals surface area contributed by atoms with E-state index in [1.165, 1.54) is 5.56 Å². The monoisotopic (exact) mass is 384 g/mol. The second kappa shape index (κ2) is 10.3. The molecule has 148 valence electrons. The highest BCUT2D eigenvalue weighted by molar-refractivity contribution is 5.93. The van der Waals surface area contributed by atoms with Crippen LogP contribution in [0.25, 0.3) is 0 Å². The van der Waals surface area contributed by atoms with Gasteiger partial charge >= 0.3 is 0 Å². The second-order valence-corrected chi connectivity index (χ2v) is 7.22. The molecule has 0 heterocycles. The first-order valence-corrected chi connectivity index (χ1v) is 9.96. The van der Waals surface area contributed by atoms with E-state index >= 15 is 0 Å². The Morgan fingerprint density at radius 2 is 1.10 bits per heavy atom. The highest BCUT2D eigenvalue weighted by Crippen LogP contribution is 2.15. The number of amides is 1. The molecule has 0 fully saturated rings. The molecule has 0 atom stereocenters. The van der Waals surface area contributed by atoms with Crippen molar-refractivity contribution in [3.8, 4) is 0 Å². The van der Waals surface area contributed by atoms with Crippen LogP contribution in [0.5, 0.6) is 0 Å². The third-order valence-corrected chi connectivity index (χ3v) is 5.00. The van der Waals surface area contributed by atoms with Crippen molar-refractivity contribution < 1.29 is 4.79 Å². The van der Waals surface area contributed by atoms with E-state index in [4.69, 9.17) is 0 Å². The maximum absolute atomic E-state index is 13.3. The normalized spacial score (nSPS) is 11.5. The number of allylic oxidation sites excluding steroid dienone is 1. The van der Waals surface area contributed by atoms with Gasteiger partial charge in [-0.05, 0) is 30.5 Å². The van der Waals surface area contributed by atoms with Crippen molar-refractivity contribution in [3.63, 3.8) is 0 Å². The minimum Gasteiger partial charge on any atom is -0.384 e. The fraction of sp³-hybridized carbons (Fsp3) is 0.192. The van der Waals surface area contributed by atoms with Crippen LogP contribution in [0.4, 0.5) is 0 Å². The summed E-state index contributed by atoms with van der Waals surface area (Å²) in [6.45, 7) is 5.74. The van der Waals surface area contributed by atoms with Crippen molar-refractivity contribution in [1.82, 2.24) is 10.2 Å². The molecule has 0 saturated carbocycles. The average molecular weight is 385 g/mol. The lowest BCUT2D eigenvalue weighted by Gasteiger charge is -2.24. The lowest BCUT2D eigenvalue weighted by Crippen LogP contribution is -2.32. The molecule has 0 bridgehead atoms. The minimum atomic E-state index is 0.0516. The number of nitrogens with zero attached hydrogens (tertiary/aromatic N) is 1. The first-order chi connectivity index (χ1) is 14.1. The van der Waals surface area contributed by atoms with Gasteiger partial charge < -0.3 is 10.2 Å². The van der Waals surface area contributed by atoms with Gasteiger partial charge in [0.05, 0.1) is 0 Å². The molecule has 0 spiro atoms. The first kappa shape index (κ1) is 20.4. The van der Waals surface area contributed by atoms with E-state index in [2.05, 4.69) is 41.7 Å². The average Bonchev–Trinajstić information content (AvgIpc) is 2.78. The Labute approximate surface area is 173 Å². The number of benzene rings is 3. The van der Waals surface area contributed by atoms with E-state index in [9.17, 15) is 4.79 Å². The topological polar surface area (TPSA) is 32.3 Å². The molecule has 29 heavy (non-hydrogen) atoms. The van der Waals surface area contributed by atoms with Gasteiger partial charge in [0.25, 0.3) is 5.91 Å². The number of nitrogens with one attached hydrogen (secondary N) is 1. The van der Waals surface area contributed by atoms with Gasteiger partial charge in [-0.25, -0.2) is 0 Å². The summed E-state index contributed by atoms with van der Waals surface area (Å²) in [5.41, 5.74) is 5.09. The van der Waals surface area contributed by atoms with Gasteiger partial charge in [0, 0.05) is 30.9 Å². The predicted molar refractivity (Wildman–Crippen MR) is 119 cm³/mol. The highest BCUT2D eigenvalue weighted by Gasteiger charge is 2.18. The molecule has 0 unspecified atom stereocenters. The summed E-state index contributed by atoms with van der Waals surface area (Å²) in [6.07, 6.45) is 0. The molecule has 3 aromatic rings. The lowest BCUT2D eigenvalue weighted by atomic mass is 10.1. The zero-order valence-electron chi connectivity index (χ0n) is 17.1. The molecule has 3 nitrogen and oxygen atoms in total. The quantitative estimate of drug-likeness (QED) is 0.535. The number of carbonyl (C=O) groups excluding carboxylic acids is 1. The van der Waals surface area contributed by atoms with E-state index < -0.39 is 0 Å². The fourth-order valence-electron chi connectivity index (χ4n) is 3.17. The second-order valence-electron chi connectivity index (χ2n) is 7.22. The van der Waals surface area contributed by atoms with Gasteiger partial charge in [0.15, 0.2) is 0 Å². The molecule has 3 aromatic carbocycles. The minimum absolute atomic E-state index is 0.0516. The van der Waals surface area contributed by atoms with Crippen LogP contribution in [0, 0.1) is 0 Å². The number of rotatable bonds is 8. The van der Waals surface area contributed by atoms with Crippen LogP contribution >= 0.6 is 0 Å². The standard InChI is InChI=1S/C26H28N2O/c1-21(22(2)27-18-23-12-6-3-7-13-23)26(29)28(19-24-14-8-4-9-15-24)20-25-16-10-5-11-17-25/h3-17,27H,18-20H2,1-2H3/b22-21+. The Bertz CT molecular complexity index is 893. The van der Waals surface area contributed by atoms with Gasteiger partial charge in [-0.15, -0.1) is 0 Å². The summed E-state index contributed by atoms with van der Waals surface area (Å²) in [5.74, 6) is 0.0516. The number of carbonyl (C=O) groups is 1. The zero-order valence-corrected chi connectivity index (χ0v) is 17.1. The summed E-state index contributed by atoms with van der Waals surface area (Å²) in [6, 6.07) is 30.5. The van der Waals surface area contributed by atoms with Crippen molar-refractivity contribution >= 4 is 5.91 Å². The summed E-state index contributed by atoms with van der Waals surface area (Å²) in [5, 5.41) is 3.39. The number of hydrogen-bond donors (Lipinski definition) is 1. The van der Waals surface area contributed by atoms with E-state index in [0.717, 1.165) is 22.4 Å². The van der Waals surface area contributed by atoms with Crippen LogP contribution in [0.15, 0.2) is 102 Å². The fourth-order valence-corrected chi connectivity index (χ4v) is 3.17. The van der Waals surface area contributed by atoms with Crippen LogP contribution in [-0.4, -0.2) is 10.8 Å². The molecule has 0 aliphatic carbocycles. The van der Waals surface area contributed by atoms with E-state index in [0.29, 0.717) is 19.6 Å². The largest absolute Gasteiger partial charge is 0.384 e. The van der Waals surface area contributed by atoms with Gasteiger partial charge in [-0.2, -0.15) is 0 Å². The van der Waals surface area contributed by atoms with E-state index in [-0.39, 0.29) is 5.91 Å². The van der Waals surface area contributed by atoms with Crippen LogP contribution in [0.2, 0.25) is 0 Å². The van der Waals surface area contributed by atoms with Crippen molar-refractivity contribution in [2.75, 3.05) is 0 Å². The zero-order chi connectivity index (χ0) is 20.5. The van der Waals surface area contributed by atoms with Crippen molar-refractivity contribution in [1.29, 1.82) is 0 Å². The van der Waals surface area contributed by atoms with Crippen LogP contribution in [0.3, 0.4) is 0 Å². The third-order valence-electron chi connectivity index (χ3n) is 5.00. The molecular formula is C26H28N2O. The van der Waals surface area contributed by atoms with Gasteiger partial charge in [-0.1, -0.05) is 91.0 Å². The van der Waals surface area contributed by atoms with Gasteiger partial charge in [-0.3, -0.25) is 4.79 Å². The van der Waals surface area contributed by atoms with Crippen LogP contribution in [-0.2, 0) is 24.4 Å². The number of hydrogen-bond acceptors (Lipinski definition) is 2. The maximum Gasteiger partial charge on any atom is 0.251 e. The first-order valence-electron chi connectivity index (χ1n) is 9.96. The molecule has 0 saturated heterocycles. The predicted octanol–water partition coefficient (Wildman–Crippen LogP) is 5.30. The Morgan fingerprint density at radius 1 is 0.690 bits per heavy atom. The molecular weight excluding hydrogens is 356 g/mol. The van der Waals surface area contributed by atoms with Crippen LogP contribution < -0.4 is 5.32 Å². The summed E-state index contributed by atoms with van der Waals surface area (Å²) >= 11 is 0. The Balaban J connectivity index is 1.76. The Kier molecular flexibility index (Phi) is 7.23. The Morgan fingerprint density at radius 3 is 1.55 bits per heavy atom. The van der Waals surface area contributed by atoms with E-state index in [1.54, 1.807) is 0 Å².